The van der Waals surface area contributed by atoms with E-state index in [0.717, 1.165) is 0 Å². The van der Waals surface area contributed by atoms with E-state index in [0.29, 0.717) is 10.6 Å². The fourth-order valence-corrected chi connectivity index (χ4v) is 1.75. The Labute approximate surface area is 113 Å². The third-order valence-electron chi connectivity index (χ3n) is 2.52. The Balaban J connectivity index is 2.51. The molecule has 0 unspecified atom stereocenters. The van der Waals surface area contributed by atoms with Crippen LogP contribution in [0, 0.1) is 12.7 Å². The van der Waals surface area contributed by atoms with Gasteiger partial charge in [-0.25, -0.2) is 9.18 Å². The minimum Gasteiger partial charge on any atom is -0.461 e. The van der Waals surface area contributed by atoms with E-state index in [9.17, 15) is 9.18 Å². The third kappa shape index (κ3) is 2.58. The summed E-state index contributed by atoms with van der Waals surface area (Å²) in [6.45, 7) is 3.55. The molecule has 1 N–H and O–H groups in total. The molecule has 0 fully saturated rings. The van der Waals surface area contributed by atoms with Gasteiger partial charge in [0.2, 0.25) is 0 Å². The van der Waals surface area contributed by atoms with Gasteiger partial charge in [-0.15, -0.1) is 5.10 Å². The van der Waals surface area contributed by atoms with E-state index in [2.05, 4.69) is 15.4 Å². The standard InChI is InChI=1S/C12H11ClFN3O2/c1-3-19-12(18)11-10(15-17-16-11)7-5-8(13)6(2)4-9(7)14/h4-5H,3H2,1-2H3,(H,15,16,17). The molecule has 2 aromatic rings. The topological polar surface area (TPSA) is 67.9 Å². The van der Waals surface area contributed by atoms with E-state index in [1.165, 1.54) is 12.1 Å². The van der Waals surface area contributed by atoms with Crippen LogP contribution in [0.5, 0.6) is 0 Å². The quantitative estimate of drug-likeness (QED) is 0.880. The molecule has 0 saturated carbocycles. The second-order valence-corrected chi connectivity index (χ2v) is 4.23. The summed E-state index contributed by atoms with van der Waals surface area (Å²) >= 11 is 5.95. The van der Waals surface area contributed by atoms with Crippen molar-refractivity contribution < 1.29 is 13.9 Å². The van der Waals surface area contributed by atoms with Crippen LogP contribution in [0.2, 0.25) is 5.02 Å². The van der Waals surface area contributed by atoms with Gasteiger partial charge >= 0.3 is 5.97 Å². The first-order chi connectivity index (χ1) is 9.04. The molecule has 1 heterocycles. The van der Waals surface area contributed by atoms with Crippen LogP contribution < -0.4 is 0 Å². The van der Waals surface area contributed by atoms with Gasteiger partial charge in [-0.2, -0.15) is 10.3 Å². The fraction of sp³-hybridized carbons (Fsp3) is 0.250. The van der Waals surface area contributed by atoms with E-state index in [-0.39, 0.29) is 23.6 Å². The number of hydrogen-bond acceptors (Lipinski definition) is 4. The molecule has 0 atom stereocenters. The number of aryl methyl sites for hydroxylation is 1. The zero-order valence-electron chi connectivity index (χ0n) is 10.3. The van der Waals surface area contributed by atoms with Crippen molar-refractivity contribution in [3.63, 3.8) is 0 Å². The Bertz CT molecular complexity index is 627. The van der Waals surface area contributed by atoms with Gasteiger partial charge in [0.05, 0.1) is 6.61 Å². The van der Waals surface area contributed by atoms with Crippen LogP contribution >= 0.6 is 11.6 Å². The number of ether oxygens (including phenoxy) is 1. The lowest BCUT2D eigenvalue weighted by molar-refractivity contribution is 0.0520. The van der Waals surface area contributed by atoms with E-state index in [4.69, 9.17) is 16.3 Å². The van der Waals surface area contributed by atoms with Crippen LogP contribution in [-0.2, 0) is 4.74 Å². The number of carbonyl (C=O) groups is 1. The maximum atomic E-state index is 13.9. The van der Waals surface area contributed by atoms with Gasteiger partial charge in [-0.05, 0) is 31.5 Å². The number of nitrogens with one attached hydrogen (secondary N) is 1. The molecule has 0 amide bonds. The predicted octanol–water partition coefficient (Wildman–Crippen LogP) is 2.75. The monoisotopic (exact) mass is 283 g/mol. The molecule has 0 aliphatic rings. The number of halogens is 2. The summed E-state index contributed by atoms with van der Waals surface area (Å²) in [4.78, 5) is 11.7. The van der Waals surface area contributed by atoms with Crippen molar-refractivity contribution in [3.8, 4) is 11.3 Å². The number of aromatic nitrogens is 3. The molecular weight excluding hydrogens is 273 g/mol. The normalized spacial score (nSPS) is 10.5. The molecule has 0 aliphatic carbocycles. The molecule has 1 aromatic carbocycles. The molecule has 100 valence electrons. The molecule has 1 aromatic heterocycles. The third-order valence-corrected chi connectivity index (χ3v) is 2.93. The van der Waals surface area contributed by atoms with Crippen molar-refractivity contribution in [2.75, 3.05) is 6.61 Å². The zero-order valence-corrected chi connectivity index (χ0v) is 11.1. The molecule has 2 rings (SSSR count). The molecule has 0 bridgehead atoms. The summed E-state index contributed by atoms with van der Waals surface area (Å²) in [5.74, 6) is -1.19. The average molecular weight is 284 g/mol. The zero-order chi connectivity index (χ0) is 14.0. The van der Waals surface area contributed by atoms with Crippen LogP contribution in [0.15, 0.2) is 12.1 Å². The molecule has 0 aliphatic heterocycles. The molecule has 0 spiro atoms. The molecule has 0 saturated heterocycles. The average Bonchev–Trinajstić information content (AvgIpc) is 2.83. The lowest BCUT2D eigenvalue weighted by Gasteiger charge is -2.05. The molecule has 7 heteroatoms. The first-order valence-corrected chi connectivity index (χ1v) is 5.96. The lowest BCUT2D eigenvalue weighted by atomic mass is 10.1. The van der Waals surface area contributed by atoms with Crippen LogP contribution in [-0.4, -0.2) is 28.0 Å². The Morgan fingerprint density at radius 1 is 1.47 bits per heavy atom. The van der Waals surface area contributed by atoms with Crippen LogP contribution in [0.3, 0.4) is 0 Å². The number of benzene rings is 1. The first-order valence-electron chi connectivity index (χ1n) is 5.58. The van der Waals surface area contributed by atoms with E-state index in [1.807, 2.05) is 0 Å². The predicted molar refractivity (Wildman–Crippen MR) is 67.5 cm³/mol. The number of nitrogens with zero attached hydrogens (tertiary/aromatic N) is 2. The van der Waals surface area contributed by atoms with Gasteiger partial charge < -0.3 is 4.74 Å². The number of hydrogen-bond donors (Lipinski definition) is 1. The van der Waals surface area contributed by atoms with Gasteiger partial charge in [0.25, 0.3) is 0 Å². The summed E-state index contributed by atoms with van der Waals surface area (Å²) in [6.07, 6.45) is 0. The van der Waals surface area contributed by atoms with Crippen molar-refractivity contribution in [3.05, 3.63) is 34.2 Å². The van der Waals surface area contributed by atoms with Gasteiger partial charge in [0.1, 0.15) is 11.5 Å². The summed E-state index contributed by atoms with van der Waals surface area (Å²) in [6, 6.07) is 2.69. The van der Waals surface area contributed by atoms with Crippen LogP contribution in [0.25, 0.3) is 11.3 Å². The van der Waals surface area contributed by atoms with Crippen molar-refractivity contribution in [2.24, 2.45) is 0 Å². The minimum absolute atomic E-state index is 0.0688. The van der Waals surface area contributed by atoms with E-state index >= 15 is 0 Å². The molecule has 19 heavy (non-hydrogen) atoms. The number of carbonyl (C=O) groups excluding carboxylic acids is 1. The Morgan fingerprint density at radius 2 is 2.21 bits per heavy atom. The Hall–Kier alpha value is -1.95. The number of rotatable bonds is 3. The van der Waals surface area contributed by atoms with Crippen molar-refractivity contribution in [1.29, 1.82) is 0 Å². The Kier molecular flexibility index (Phi) is 3.80. The lowest BCUT2D eigenvalue weighted by Crippen LogP contribution is -2.07. The maximum absolute atomic E-state index is 13.9. The van der Waals surface area contributed by atoms with E-state index < -0.39 is 11.8 Å². The van der Waals surface area contributed by atoms with Crippen molar-refractivity contribution >= 4 is 17.6 Å². The fourth-order valence-electron chi connectivity index (χ4n) is 1.59. The van der Waals surface area contributed by atoms with Gasteiger partial charge in [0, 0.05) is 10.6 Å². The van der Waals surface area contributed by atoms with Gasteiger partial charge in [-0.3, -0.25) is 0 Å². The molecular formula is C12H11ClFN3O2. The first kappa shape index (κ1) is 13.5. The van der Waals surface area contributed by atoms with Gasteiger partial charge in [0.15, 0.2) is 5.69 Å². The van der Waals surface area contributed by atoms with Crippen LogP contribution in [0.1, 0.15) is 23.0 Å². The maximum Gasteiger partial charge on any atom is 0.361 e. The Morgan fingerprint density at radius 3 is 2.89 bits per heavy atom. The number of H-pyrrole nitrogens is 1. The van der Waals surface area contributed by atoms with E-state index in [1.54, 1.807) is 13.8 Å². The van der Waals surface area contributed by atoms with Crippen molar-refractivity contribution in [1.82, 2.24) is 15.4 Å². The summed E-state index contributed by atoms with van der Waals surface area (Å²) in [7, 11) is 0. The summed E-state index contributed by atoms with van der Waals surface area (Å²) in [5.41, 5.74) is 0.718. The molecule has 5 nitrogen and oxygen atoms in total. The molecule has 0 radical (unpaired) electrons. The highest BCUT2D eigenvalue weighted by Crippen LogP contribution is 2.28. The van der Waals surface area contributed by atoms with Gasteiger partial charge in [-0.1, -0.05) is 11.6 Å². The van der Waals surface area contributed by atoms with Crippen molar-refractivity contribution in [2.45, 2.75) is 13.8 Å². The summed E-state index contributed by atoms with van der Waals surface area (Å²) < 4.78 is 18.8. The number of esters is 1. The minimum atomic E-state index is -0.664. The second kappa shape index (κ2) is 5.36. The van der Waals surface area contributed by atoms with Crippen LogP contribution in [0.4, 0.5) is 4.39 Å². The highest BCUT2D eigenvalue weighted by Gasteiger charge is 2.22. The SMILES string of the molecule is CCOC(=O)c1n[nH]nc1-c1cc(Cl)c(C)cc1F. The highest BCUT2D eigenvalue weighted by atomic mass is 35.5. The largest absolute Gasteiger partial charge is 0.461 e. The second-order valence-electron chi connectivity index (χ2n) is 3.82. The highest BCUT2D eigenvalue weighted by molar-refractivity contribution is 6.31. The smallest absolute Gasteiger partial charge is 0.361 e. The number of aromatic amines is 1. The summed E-state index contributed by atoms with van der Waals surface area (Å²) in [5, 5.41) is 10.1.